The largest absolute Gasteiger partial charge is 0.390 e. The van der Waals surface area contributed by atoms with E-state index in [-0.39, 0.29) is 30.4 Å². The van der Waals surface area contributed by atoms with Crippen molar-refractivity contribution in [2.45, 2.75) is 50.8 Å². The zero-order valence-electron chi connectivity index (χ0n) is 17.4. The van der Waals surface area contributed by atoms with Crippen LogP contribution in [0, 0.1) is 18.2 Å². The van der Waals surface area contributed by atoms with E-state index in [1.165, 1.54) is 41.4 Å². The average molecular weight is 445 g/mol. The molecule has 1 atom stereocenters. The molecule has 9 heteroatoms. The van der Waals surface area contributed by atoms with E-state index < -0.39 is 35.2 Å². The topological polar surface area (TPSA) is 73.7 Å². The summed E-state index contributed by atoms with van der Waals surface area (Å²) in [5, 5.41) is 10.3. The maximum Gasteiger partial charge on any atom is 0.263 e. The fourth-order valence-corrected chi connectivity index (χ4v) is 5.47. The van der Waals surface area contributed by atoms with Crippen molar-refractivity contribution < 1.29 is 27.9 Å². The summed E-state index contributed by atoms with van der Waals surface area (Å²) in [5.41, 5.74) is -0.290. The van der Waals surface area contributed by atoms with Crippen LogP contribution in [0.2, 0.25) is 0 Å². The van der Waals surface area contributed by atoms with E-state index in [0.29, 0.717) is 30.4 Å². The van der Waals surface area contributed by atoms with Gasteiger partial charge in [-0.1, -0.05) is 24.3 Å². The molecule has 2 heterocycles. The highest BCUT2D eigenvalue weighted by Gasteiger charge is 2.73. The fraction of sp³-hybridized carbons (Fsp3) is 0.435. The van der Waals surface area contributed by atoms with Crippen LogP contribution < -0.4 is 4.90 Å². The number of carbonyl (C=O) groups excluding carboxylic acids is 2. The number of piperazine rings is 1. The summed E-state index contributed by atoms with van der Waals surface area (Å²) < 4.78 is 40.3. The first-order valence-electron chi connectivity index (χ1n) is 10.4. The van der Waals surface area contributed by atoms with Crippen molar-refractivity contribution in [2.24, 2.45) is 5.41 Å². The second-order valence-electron chi connectivity index (χ2n) is 9.33. The quantitative estimate of drug-likeness (QED) is 0.768. The number of amides is 2. The van der Waals surface area contributed by atoms with Crippen LogP contribution in [0.5, 0.6) is 0 Å². The molecule has 1 aromatic heterocycles. The summed E-state index contributed by atoms with van der Waals surface area (Å²) in [6.45, 7) is 1.38. The average Bonchev–Trinajstić information content (AvgIpc) is 2.69. The summed E-state index contributed by atoms with van der Waals surface area (Å²) in [4.78, 5) is 33.3. The van der Waals surface area contributed by atoms with Gasteiger partial charge in [-0.3, -0.25) is 14.5 Å². The highest BCUT2D eigenvalue weighted by molar-refractivity contribution is 6.06. The van der Waals surface area contributed by atoms with E-state index >= 15 is 0 Å². The number of alkyl halides is 2. The minimum absolute atomic E-state index is 0.0661. The molecule has 2 amide bonds. The minimum atomic E-state index is -2.60. The number of hydrogen-bond donors (Lipinski definition) is 1. The minimum Gasteiger partial charge on any atom is -0.390 e. The van der Waals surface area contributed by atoms with Gasteiger partial charge in [0.25, 0.3) is 12.3 Å². The van der Waals surface area contributed by atoms with Crippen LogP contribution in [0.25, 0.3) is 0 Å². The second kappa shape index (κ2) is 7.03. The van der Waals surface area contributed by atoms with Crippen molar-refractivity contribution in [2.75, 3.05) is 11.4 Å². The Balaban J connectivity index is 1.47. The van der Waals surface area contributed by atoms with Crippen LogP contribution in [-0.2, 0) is 16.1 Å². The number of carbonyl (C=O) groups is 2. The number of pyridine rings is 1. The molecule has 32 heavy (non-hydrogen) atoms. The molecule has 2 aromatic rings. The Hall–Kier alpha value is -2.94. The van der Waals surface area contributed by atoms with Crippen molar-refractivity contribution in [3.05, 3.63) is 59.0 Å². The molecule has 0 radical (unpaired) electrons. The first-order chi connectivity index (χ1) is 15.1. The lowest BCUT2D eigenvalue weighted by molar-refractivity contribution is -0.280. The van der Waals surface area contributed by atoms with Gasteiger partial charge in [-0.2, -0.15) is 0 Å². The number of aromatic nitrogens is 1. The Morgan fingerprint density at radius 3 is 2.41 bits per heavy atom. The van der Waals surface area contributed by atoms with Crippen molar-refractivity contribution in [3.63, 3.8) is 0 Å². The molecule has 1 unspecified atom stereocenters. The number of nitrogens with zero attached hydrogens (tertiary/aromatic N) is 3. The molecule has 1 N–H and O–H groups in total. The normalized spacial score (nSPS) is 29.2. The Kier molecular flexibility index (Phi) is 4.60. The summed E-state index contributed by atoms with van der Waals surface area (Å²) in [5.74, 6) is -1.70. The molecule has 3 aliphatic carbocycles. The number of rotatable bonds is 5. The van der Waals surface area contributed by atoms with Gasteiger partial charge in [0.1, 0.15) is 12.6 Å². The van der Waals surface area contributed by atoms with Gasteiger partial charge in [0.05, 0.1) is 5.60 Å². The van der Waals surface area contributed by atoms with Gasteiger partial charge in [0.2, 0.25) is 5.91 Å². The van der Waals surface area contributed by atoms with Gasteiger partial charge in [-0.25, -0.2) is 18.2 Å². The van der Waals surface area contributed by atoms with Gasteiger partial charge < -0.3 is 10.0 Å². The SMILES string of the molecule is Cc1cnc(N2CC(=O)N(Cc3ccc(C(F)F)cc3)C(C34CC(O)(C3)C4)C2=O)c(F)c1. The fourth-order valence-electron chi connectivity index (χ4n) is 5.47. The van der Waals surface area contributed by atoms with Crippen molar-refractivity contribution >= 4 is 17.6 Å². The number of halogens is 3. The van der Waals surface area contributed by atoms with Gasteiger partial charge >= 0.3 is 0 Å². The van der Waals surface area contributed by atoms with Gasteiger partial charge in [-0.05, 0) is 43.4 Å². The summed E-state index contributed by atoms with van der Waals surface area (Å²) in [6.07, 6.45) is 0.0140. The zero-order chi connectivity index (χ0) is 22.8. The molecule has 1 aliphatic heterocycles. The number of hydrogen-bond acceptors (Lipinski definition) is 4. The first kappa shape index (κ1) is 20.9. The van der Waals surface area contributed by atoms with E-state index in [2.05, 4.69) is 4.98 Å². The number of aryl methyl sites for hydroxylation is 1. The Morgan fingerprint density at radius 1 is 1.19 bits per heavy atom. The van der Waals surface area contributed by atoms with E-state index in [1.54, 1.807) is 6.92 Å². The summed E-state index contributed by atoms with van der Waals surface area (Å²) in [6, 6.07) is 6.00. The Morgan fingerprint density at radius 2 is 1.84 bits per heavy atom. The van der Waals surface area contributed by atoms with Gasteiger partial charge in [0.15, 0.2) is 11.6 Å². The Bertz CT molecular complexity index is 1090. The molecule has 4 aliphatic rings. The molecule has 4 fully saturated rings. The number of anilines is 1. The lowest BCUT2D eigenvalue weighted by Gasteiger charge is -2.71. The summed E-state index contributed by atoms with van der Waals surface area (Å²) in [7, 11) is 0. The van der Waals surface area contributed by atoms with Crippen LogP contribution in [0.1, 0.15) is 42.4 Å². The van der Waals surface area contributed by atoms with Crippen molar-refractivity contribution in [1.29, 1.82) is 0 Å². The maximum absolute atomic E-state index is 14.6. The molecule has 1 aromatic carbocycles. The zero-order valence-corrected chi connectivity index (χ0v) is 17.4. The van der Waals surface area contributed by atoms with E-state index in [9.17, 15) is 27.9 Å². The van der Waals surface area contributed by atoms with Crippen LogP contribution >= 0.6 is 0 Å². The lowest BCUT2D eigenvalue weighted by Crippen LogP contribution is -2.78. The molecule has 1 saturated heterocycles. The first-order valence-corrected chi connectivity index (χ1v) is 10.4. The second-order valence-corrected chi connectivity index (χ2v) is 9.33. The Labute approximate surface area is 182 Å². The summed E-state index contributed by atoms with van der Waals surface area (Å²) >= 11 is 0. The van der Waals surface area contributed by atoms with E-state index in [4.69, 9.17) is 0 Å². The van der Waals surface area contributed by atoms with Crippen LogP contribution in [-0.4, -0.2) is 45.0 Å². The third-order valence-corrected chi connectivity index (χ3v) is 6.85. The molecule has 0 spiro atoms. The monoisotopic (exact) mass is 445 g/mol. The standard InChI is InChI=1S/C23H22F3N3O3/c1-13-6-16(24)20(27-7-13)29-9-17(30)28(8-14-2-4-15(5-3-14)19(25)26)18(21(29)31)22-10-23(32,11-22)12-22/h2-7,18-19,32H,8-12H2,1H3. The lowest BCUT2D eigenvalue weighted by atomic mass is 9.38. The van der Waals surface area contributed by atoms with E-state index in [1.807, 2.05) is 0 Å². The number of benzene rings is 1. The predicted octanol–water partition coefficient (Wildman–Crippen LogP) is 3.13. The smallest absolute Gasteiger partial charge is 0.263 e. The molecular weight excluding hydrogens is 423 g/mol. The molecular formula is C23H22F3N3O3. The van der Waals surface area contributed by atoms with Crippen LogP contribution in [0.3, 0.4) is 0 Å². The van der Waals surface area contributed by atoms with Gasteiger partial charge in [-0.15, -0.1) is 0 Å². The van der Waals surface area contributed by atoms with Crippen molar-refractivity contribution in [3.8, 4) is 0 Å². The van der Waals surface area contributed by atoms with E-state index in [0.717, 1.165) is 4.90 Å². The molecule has 2 bridgehead atoms. The van der Waals surface area contributed by atoms with Gasteiger partial charge in [0, 0.05) is 23.7 Å². The van der Waals surface area contributed by atoms with Crippen molar-refractivity contribution in [1.82, 2.24) is 9.88 Å². The highest BCUT2D eigenvalue weighted by Crippen LogP contribution is 2.70. The predicted molar refractivity (Wildman–Crippen MR) is 108 cm³/mol. The van der Waals surface area contributed by atoms with Crippen LogP contribution in [0.15, 0.2) is 36.5 Å². The maximum atomic E-state index is 14.6. The molecule has 3 saturated carbocycles. The molecule has 168 valence electrons. The van der Waals surface area contributed by atoms with Crippen LogP contribution in [0.4, 0.5) is 19.0 Å². The molecule has 6 nitrogen and oxygen atoms in total. The highest BCUT2D eigenvalue weighted by atomic mass is 19.3. The number of aliphatic hydroxyl groups is 1. The molecule has 6 rings (SSSR count). The third-order valence-electron chi connectivity index (χ3n) is 6.85. The third kappa shape index (κ3) is 3.18.